The topological polar surface area (TPSA) is 71.8 Å². The van der Waals surface area contributed by atoms with Crippen LogP contribution < -0.4 is 0 Å². The molecular formula is C18H12N6. The van der Waals surface area contributed by atoms with Gasteiger partial charge in [0.25, 0.3) is 5.78 Å². The van der Waals surface area contributed by atoms with Crippen LogP contribution in [-0.2, 0) is 0 Å². The largest absolute Gasteiger partial charge is 0.361 e. The van der Waals surface area contributed by atoms with Crippen molar-refractivity contribution in [2.75, 3.05) is 0 Å². The highest BCUT2D eigenvalue weighted by atomic mass is 15.3. The normalized spacial score (nSPS) is 11.3. The molecule has 5 rings (SSSR count). The standard InChI is InChI=1S/C18H12N6/c1-2-14(15-6-9-20-16(15)3-1)13-10-21-18-23-22-17(24(18)11-13)12-4-7-19-8-5-12/h1-11,20H. The first-order chi connectivity index (χ1) is 11.9. The summed E-state index contributed by atoms with van der Waals surface area (Å²) < 4.78 is 1.91. The molecule has 114 valence electrons. The Bertz CT molecular complexity index is 1160. The molecule has 6 nitrogen and oxygen atoms in total. The third kappa shape index (κ3) is 1.90. The first-order valence-corrected chi connectivity index (χ1v) is 7.58. The molecule has 0 fully saturated rings. The van der Waals surface area contributed by atoms with E-state index in [2.05, 4.69) is 43.3 Å². The summed E-state index contributed by atoms with van der Waals surface area (Å²) in [5, 5.41) is 9.59. The molecule has 0 saturated heterocycles. The SMILES string of the molecule is c1cc(-c2cnc3nnc(-c4ccncc4)n3c2)c2cc[nH]c2c1. The lowest BCUT2D eigenvalue weighted by Gasteiger charge is -2.05. The molecule has 0 radical (unpaired) electrons. The second-order valence-electron chi connectivity index (χ2n) is 5.52. The van der Waals surface area contributed by atoms with Gasteiger partial charge in [0.2, 0.25) is 0 Å². The molecule has 0 spiro atoms. The molecule has 0 saturated carbocycles. The summed E-state index contributed by atoms with van der Waals surface area (Å²) in [6.07, 6.45) is 9.30. The van der Waals surface area contributed by atoms with Crippen LogP contribution in [0.5, 0.6) is 0 Å². The number of aromatic nitrogens is 6. The Balaban J connectivity index is 1.75. The van der Waals surface area contributed by atoms with Crippen LogP contribution in [0, 0.1) is 0 Å². The Morgan fingerprint density at radius 1 is 0.917 bits per heavy atom. The van der Waals surface area contributed by atoms with Crippen LogP contribution in [0.2, 0.25) is 0 Å². The van der Waals surface area contributed by atoms with Crippen LogP contribution in [0.25, 0.3) is 39.2 Å². The zero-order valence-corrected chi connectivity index (χ0v) is 12.6. The third-order valence-corrected chi connectivity index (χ3v) is 4.11. The number of benzene rings is 1. The van der Waals surface area contributed by atoms with Crippen molar-refractivity contribution in [3.63, 3.8) is 0 Å². The van der Waals surface area contributed by atoms with Gasteiger partial charge in [-0.3, -0.25) is 9.38 Å². The number of H-pyrrole nitrogens is 1. The van der Waals surface area contributed by atoms with Crippen molar-refractivity contribution in [1.82, 2.24) is 29.5 Å². The van der Waals surface area contributed by atoms with Gasteiger partial charge in [-0.1, -0.05) is 12.1 Å². The summed E-state index contributed by atoms with van der Waals surface area (Å²) in [5.41, 5.74) is 4.20. The number of nitrogens with one attached hydrogen (secondary N) is 1. The molecule has 0 amide bonds. The molecule has 1 aromatic carbocycles. The smallest absolute Gasteiger partial charge is 0.255 e. The second kappa shape index (κ2) is 4.99. The van der Waals surface area contributed by atoms with Gasteiger partial charge in [0, 0.05) is 53.0 Å². The highest BCUT2D eigenvalue weighted by Gasteiger charge is 2.11. The summed E-state index contributed by atoms with van der Waals surface area (Å²) in [6.45, 7) is 0. The Kier molecular flexibility index (Phi) is 2.69. The van der Waals surface area contributed by atoms with Gasteiger partial charge >= 0.3 is 0 Å². The van der Waals surface area contributed by atoms with E-state index in [1.54, 1.807) is 12.4 Å². The van der Waals surface area contributed by atoms with Crippen molar-refractivity contribution in [1.29, 1.82) is 0 Å². The summed E-state index contributed by atoms with van der Waals surface area (Å²) >= 11 is 0. The van der Waals surface area contributed by atoms with E-state index in [-0.39, 0.29) is 0 Å². The molecular weight excluding hydrogens is 300 g/mol. The molecule has 0 unspecified atom stereocenters. The summed E-state index contributed by atoms with van der Waals surface area (Å²) in [7, 11) is 0. The zero-order chi connectivity index (χ0) is 15.9. The Labute approximate surface area is 136 Å². The molecule has 1 N–H and O–H groups in total. The van der Waals surface area contributed by atoms with Crippen LogP contribution in [0.3, 0.4) is 0 Å². The highest BCUT2D eigenvalue weighted by Crippen LogP contribution is 2.28. The van der Waals surface area contributed by atoms with Gasteiger partial charge in [-0.25, -0.2) is 4.98 Å². The van der Waals surface area contributed by atoms with Gasteiger partial charge in [0.15, 0.2) is 5.82 Å². The Morgan fingerprint density at radius 3 is 2.75 bits per heavy atom. The number of hydrogen-bond acceptors (Lipinski definition) is 4. The van der Waals surface area contributed by atoms with Gasteiger partial charge in [-0.2, -0.15) is 0 Å². The quantitative estimate of drug-likeness (QED) is 0.542. The van der Waals surface area contributed by atoms with E-state index in [4.69, 9.17) is 0 Å². The van der Waals surface area contributed by atoms with E-state index in [1.807, 2.05) is 41.2 Å². The fourth-order valence-electron chi connectivity index (χ4n) is 2.96. The molecule has 0 atom stereocenters. The molecule has 4 aromatic heterocycles. The van der Waals surface area contributed by atoms with Crippen LogP contribution in [-0.4, -0.2) is 29.5 Å². The van der Waals surface area contributed by atoms with Crippen molar-refractivity contribution in [2.24, 2.45) is 0 Å². The van der Waals surface area contributed by atoms with Gasteiger partial charge in [0.1, 0.15) is 0 Å². The van der Waals surface area contributed by atoms with Crippen molar-refractivity contribution in [3.05, 3.63) is 67.4 Å². The van der Waals surface area contributed by atoms with Crippen molar-refractivity contribution in [3.8, 4) is 22.5 Å². The predicted molar refractivity (Wildman–Crippen MR) is 91.3 cm³/mol. The second-order valence-corrected chi connectivity index (χ2v) is 5.52. The average Bonchev–Trinajstić information content (AvgIpc) is 3.28. The highest BCUT2D eigenvalue weighted by molar-refractivity contribution is 5.94. The zero-order valence-electron chi connectivity index (χ0n) is 12.6. The number of aromatic amines is 1. The van der Waals surface area contributed by atoms with Gasteiger partial charge in [-0.15, -0.1) is 10.2 Å². The average molecular weight is 312 g/mol. The van der Waals surface area contributed by atoms with Crippen molar-refractivity contribution >= 4 is 16.7 Å². The summed E-state index contributed by atoms with van der Waals surface area (Å²) in [4.78, 5) is 11.8. The van der Waals surface area contributed by atoms with Gasteiger partial charge in [-0.05, 0) is 29.8 Å². The fraction of sp³-hybridized carbons (Fsp3) is 0. The Morgan fingerprint density at radius 2 is 1.83 bits per heavy atom. The lowest BCUT2D eigenvalue weighted by atomic mass is 10.0. The van der Waals surface area contributed by atoms with E-state index in [9.17, 15) is 0 Å². The molecule has 5 aromatic rings. The number of rotatable bonds is 2. The van der Waals surface area contributed by atoms with Crippen LogP contribution >= 0.6 is 0 Å². The minimum atomic E-state index is 0.576. The molecule has 4 heterocycles. The number of pyridine rings is 1. The van der Waals surface area contributed by atoms with Crippen molar-refractivity contribution in [2.45, 2.75) is 0 Å². The van der Waals surface area contributed by atoms with Gasteiger partial charge in [0.05, 0.1) is 0 Å². The maximum absolute atomic E-state index is 4.46. The summed E-state index contributed by atoms with van der Waals surface area (Å²) in [6, 6.07) is 12.1. The maximum atomic E-state index is 4.46. The number of fused-ring (bicyclic) bond motifs is 2. The Hall–Kier alpha value is -3.54. The molecule has 0 aliphatic carbocycles. The van der Waals surface area contributed by atoms with E-state index in [0.717, 1.165) is 33.4 Å². The van der Waals surface area contributed by atoms with E-state index < -0.39 is 0 Å². The number of nitrogens with zero attached hydrogens (tertiary/aromatic N) is 5. The van der Waals surface area contributed by atoms with Gasteiger partial charge < -0.3 is 4.98 Å². The first-order valence-electron chi connectivity index (χ1n) is 7.58. The van der Waals surface area contributed by atoms with Crippen LogP contribution in [0.4, 0.5) is 0 Å². The first kappa shape index (κ1) is 13.0. The molecule has 0 aliphatic rings. The van der Waals surface area contributed by atoms with E-state index in [0.29, 0.717) is 5.78 Å². The molecule has 24 heavy (non-hydrogen) atoms. The number of hydrogen-bond donors (Lipinski definition) is 1. The minimum Gasteiger partial charge on any atom is -0.361 e. The van der Waals surface area contributed by atoms with E-state index in [1.165, 1.54) is 0 Å². The predicted octanol–water partition coefficient (Wildman–Crippen LogP) is 3.33. The molecule has 0 bridgehead atoms. The lowest BCUT2D eigenvalue weighted by molar-refractivity contribution is 1.10. The van der Waals surface area contributed by atoms with Crippen LogP contribution in [0.1, 0.15) is 0 Å². The monoisotopic (exact) mass is 312 g/mol. The lowest BCUT2D eigenvalue weighted by Crippen LogP contribution is -1.93. The fourth-order valence-corrected chi connectivity index (χ4v) is 2.96. The summed E-state index contributed by atoms with van der Waals surface area (Å²) in [5.74, 6) is 1.33. The maximum Gasteiger partial charge on any atom is 0.255 e. The van der Waals surface area contributed by atoms with Crippen LogP contribution in [0.15, 0.2) is 67.4 Å². The molecule has 6 heteroatoms. The van der Waals surface area contributed by atoms with E-state index >= 15 is 0 Å². The third-order valence-electron chi connectivity index (χ3n) is 4.11. The van der Waals surface area contributed by atoms with Crippen molar-refractivity contribution < 1.29 is 0 Å². The minimum absolute atomic E-state index is 0.576. The molecule has 0 aliphatic heterocycles.